The Balaban J connectivity index is 1.88. The number of hydrogen-bond acceptors (Lipinski definition) is 9. The summed E-state index contributed by atoms with van der Waals surface area (Å²) < 4.78 is 11.3. The molecule has 1 amide bonds. The smallest absolute Gasteiger partial charge is 0.407 e. The number of Topliss-reactive ketones (excluding diaryl/α,β-unsaturated/α-hetero) is 1. The summed E-state index contributed by atoms with van der Waals surface area (Å²) in [7, 11) is 0. The highest BCUT2D eigenvalue weighted by atomic mass is 32.1. The molecule has 0 aromatic carbocycles. The second-order valence-corrected chi connectivity index (χ2v) is 11.6. The number of ether oxygens (including phenoxy) is 2. The van der Waals surface area contributed by atoms with Gasteiger partial charge in [0, 0.05) is 17.7 Å². The van der Waals surface area contributed by atoms with E-state index >= 15 is 0 Å². The Morgan fingerprint density at radius 2 is 1.89 bits per heavy atom. The minimum Gasteiger partial charge on any atom is -0.458 e. The van der Waals surface area contributed by atoms with E-state index in [9.17, 15) is 24.6 Å². The maximum atomic E-state index is 13.1. The number of carbonyl (C=O) groups is 3. The number of alkyl carbamates (subject to hydrolysis) is 1. The highest BCUT2D eigenvalue weighted by molar-refractivity contribution is 7.09. The van der Waals surface area contributed by atoms with E-state index < -0.39 is 47.8 Å². The third-order valence-corrected chi connectivity index (χ3v) is 8.12. The fraction of sp³-hybridized carbons (Fsp3) is 0.692. The quantitative estimate of drug-likeness (QED) is 0.502. The molecule has 1 aromatic rings. The van der Waals surface area contributed by atoms with Crippen LogP contribution in [0.15, 0.2) is 11.0 Å². The van der Waals surface area contributed by atoms with Gasteiger partial charge in [-0.15, -0.1) is 11.3 Å². The molecule has 3 unspecified atom stereocenters. The van der Waals surface area contributed by atoms with Crippen molar-refractivity contribution in [3.63, 3.8) is 0 Å². The van der Waals surface area contributed by atoms with Gasteiger partial charge in [-0.25, -0.2) is 9.78 Å². The molecule has 200 valence electrons. The van der Waals surface area contributed by atoms with E-state index in [1.807, 2.05) is 25.3 Å². The molecular formula is C26H38N2O7S. The van der Waals surface area contributed by atoms with Gasteiger partial charge in [0.15, 0.2) is 0 Å². The summed E-state index contributed by atoms with van der Waals surface area (Å²) in [6, 6.07) is -0.365. The van der Waals surface area contributed by atoms with Gasteiger partial charge in [-0.3, -0.25) is 9.59 Å². The molecule has 2 aliphatic rings. The second-order valence-electron chi connectivity index (χ2n) is 10.5. The van der Waals surface area contributed by atoms with Crippen LogP contribution in [0.4, 0.5) is 4.79 Å². The molecule has 2 fully saturated rings. The van der Waals surface area contributed by atoms with Gasteiger partial charge in [0.05, 0.1) is 40.8 Å². The first-order valence-electron chi connectivity index (χ1n) is 12.6. The second kappa shape index (κ2) is 11.8. The van der Waals surface area contributed by atoms with Gasteiger partial charge in [0.2, 0.25) is 0 Å². The molecule has 36 heavy (non-hydrogen) atoms. The molecule has 0 aliphatic carbocycles. The van der Waals surface area contributed by atoms with Crippen molar-refractivity contribution in [2.75, 3.05) is 0 Å². The lowest BCUT2D eigenvalue weighted by molar-refractivity contribution is -0.154. The average Bonchev–Trinajstić information content (AvgIpc) is 3.38. The lowest BCUT2D eigenvalue weighted by Gasteiger charge is -2.33. The van der Waals surface area contributed by atoms with Crippen LogP contribution in [0, 0.1) is 18.3 Å². The number of cyclic esters (lactones) is 1. The molecule has 9 nitrogen and oxygen atoms in total. The third kappa shape index (κ3) is 6.92. The first-order valence-corrected chi connectivity index (χ1v) is 13.4. The number of aliphatic hydroxyl groups excluding tert-OH is 2. The van der Waals surface area contributed by atoms with E-state index in [2.05, 4.69) is 10.3 Å². The van der Waals surface area contributed by atoms with E-state index in [4.69, 9.17) is 9.47 Å². The number of aromatic nitrogens is 1. The molecule has 0 spiro atoms. The topological polar surface area (TPSA) is 135 Å². The first kappa shape index (κ1) is 28.3. The standard InChI is InChI=1S/C26H38N2O7S/c1-14(10-17-13-36-16(3)27-17)21-11-18-20(35-25(33)28-18)9-7-6-8-19(29)15(2)24(32)26(4,5)22(30)12-23(31)34-21/h10,13,15,18-22,29-30H,6-9,11-12H2,1-5H3,(H,28,33)/b14-10+/t15-,18?,19?,20+,21?,22+/m1/s1. The zero-order valence-electron chi connectivity index (χ0n) is 21.7. The fourth-order valence-electron chi connectivity index (χ4n) is 4.79. The predicted octanol–water partition coefficient (Wildman–Crippen LogP) is 3.55. The Morgan fingerprint density at radius 1 is 1.19 bits per heavy atom. The van der Waals surface area contributed by atoms with Crippen LogP contribution in [-0.2, 0) is 19.1 Å². The van der Waals surface area contributed by atoms with Crippen molar-refractivity contribution >= 4 is 35.3 Å². The number of aryl methyl sites for hydroxylation is 1. The number of esters is 1. The van der Waals surface area contributed by atoms with Crippen LogP contribution in [0.1, 0.15) is 76.9 Å². The summed E-state index contributed by atoms with van der Waals surface area (Å²) in [5, 5.41) is 27.1. The van der Waals surface area contributed by atoms with Gasteiger partial charge in [-0.2, -0.15) is 0 Å². The maximum absolute atomic E-state index is 13.1. The van der Waals surface area contributed by atoms with E-state index in [1.54, 1.807) is 20.8 Å². The summed E-state index contributed by atoms with van der Waals surface area (Å²) >= 11 is 1.51. The van der Waals surface area contributed by atoms with Crippen LogP contribution < -0.4 is 5.32 Å². The molecule has 1 aromatic heterocycles. The van der Waals surface area contributed by atoms with Gasteiger partial charge < -0.3 is 25.0 Å². The van der Waals surface area contributed by atoms with Crippen LogP contribution in [-0.4, -0.2) is 63.5 Å². The Bertz CT molecular complexity index is 989. The van der Waals surface area contributed by atoms with Crippen molar-refractivity contribution in [3.8, 4) is 0 Å². The Morgan fingerprint density at radius 3 is 2.56 bits per heavy atom. The molecular weight excluding hydrogens is 484 g/mol. The molecule has 3 heterocycles. The van der Waals surface area contributed by atoms with Crippen LogP contribution in [0.5, 0.6) is 0 Å². The molecule has 0 saturated carbocycles. The Kier molecular flexibility index (Phi) is 9.29. The average molecular weight is 523 g/mol. The van der Waals surface area contributed by atoms with Gasteiger partial charge in [-0.1, -0.05) is 27.2 Å². The van der Waals surface area contributed by atoms with Crippen LogP contribution in [0.25, 0.3) is 6.08 Å². The van der Waals surface area contributed by atoms with E-state index in [-0.39, 0.29) is 18.2 Å². The van der Waals surface area contributed by atoms with Crippen molar-refractivity contribution in [2.24, 2.45) is 11.3 Å². The van der Waals surface area contributed by atoms with Crippen molar-refractivity contribution in [1.82, 2.24) is 10.3 Å². The Hall–Kier alpha value is -2.30. The Labute approximate surface area is 216 Å². The number of nitrogens with one attached hydrogen (secondary N) is 1. The largest absolute Gasteiger partial charge is 0.458 e. The van der Waals surface area contributed by atoms with Crippen molar-refractivity contribution in [3.05, 3.63) is 21.7 Å². The van der Waals surface area contributed by atoms with Crippen molar-refractivity contribution in [2.45, 2.75) is 104 Å². The van der Waals surface area contributed by atoms with Gasteiger partial charge >= 0.3 is 12.1 Å². The monoisotopic (exact) mass is 522 g/mol. The first-order chi connectivity index (χ1) is 16.9. The molecule has 2 aliphatic heterocycles. The fourth-order valence-corrected chi connectivity index (χ4v) is 5.36. The molecule has 3 N–H and O–H groups in total. The minimum absolute atomic E-state index is 0.297. The zero-order chi connectivity index (χ0) is 26.6. The van der Waals surface area contributed by atoms with Gasteiger partial charge in [-0.05, 0) is 44.8 Å². The number of aliphatic hydroxyl groups is 2. The van der Waals surface area contributed by atoms with Gasteiger partial charge in [0.1, 0.15) is 18.0 Å². The number of ketones is 1. The maximum Gasteiger partial charge on any atom is 0.407 e. The molecule has 10 heteroatoms. The van der Waals surface area contributed by atoms with E-state index in [1.165, 1.54) is 11.3 Å². The molecule has 0 radical (unpaired) electrons. The number of amides is 1. The lowest BCUT2D eigenvalue weighted by atomic mass is 9.74. The summed E-state index contributed by atoms with van der Waals surface area (Å²) in [4.78, 5) is 42.5. The summed E-state index contributed by atoms with van der Waals surface area (Å²) in [6.07, 6.45) is 0.360. The number of thiazole rings is 1. The summed E-state index contributed by atoms with van der Waals surface area (Å²) in [5.74, 6) is -1.66. The third-order valence-electron chi connectivity index (χ3n) is 7.33. The predicted molar refractivity (Wildman–Crippen MR) is 135 cm³/mol. The van der Waals surface area contributed by atoms with Crippen molar-refractivity contribution < 1.29 is 34.1 Å². The van der Waals surface area contributed by atoms with E-state index in [0.29, 0.717) is 32.1 Å². The normalized spacial score (nSPS) is 32.9. The number of rotatable bonds is 2. The van der Waals surface area contributed by atoms with Gasteiger partial charge in [0.25, 0.3) is 0 Å². The summed E-state index contributed by atoms with van der Waals surface area (Å²) in [6.45, 7) is 8.56. The van der Waals surface area contributed by atoms with Crippen LogP contribution >= 0.6 is 11.3 Å². The number of carbonyl (C=O) groups excluding carboxylic acids is 3. The number of nitrogens with zero attached hydrogens (tertiary/aromatic N) is 1. The highest BCUT2D eigenvalue weighted by Gasteiger charge is 2.42. The van der Waals surface area contributed by atoms with Crippen LogP contribution in [0.3, 0.4) is 0 Å². The minimum atomic E-state index is -1.28. The molecule has 3 rings (SSSR count). The molecule has 0 bridgehead atoms. The van der Waals surface area contributed by atoms with Crippen molar-refractivity contribution in [1.29, 1.82) is 0 Å². The van der Waals surface area contributed by atoms with Crippen LogP contribution in [0.2, 0.25) is 0 Å². The number of fused-ring (bicyclic) bond motifs is 1. The summed E-state index contributed by atoms with van der Waals surface area (Å²) in [5.41, 5.74) is 0.255. The number of hydrogen-bond donors (Lipinski definition) is 3. The van der Waals surface area contributed by atoms with E-state index in [0.717, 1.165) is 16.3 Å². The molecule has 2 saturated heterocycles. The lowest BCUT2D eigenvalue weighted by Crippen LogP contribution is -2.45. The molecule has 6 atom stereocenters. The highest BCUT2D eigenvalue weighted by Crippen LogP contribution is 2.32. The zero-order valence-corrected chi connectivity index (χ0v) is 22.5. The SMILES string of the molecule is C/C(=C\c1csc(C)n1)C1CC2NC(=O)O[C@H]2CCCCC(O)[C@@H](C)C(=O)C(C)(C)[C@@H](O)CC(=O)O1.